The number of rotatable bonds is 7. The number of ether oxygens (including phenoxy) is 4. The Morgan fingerprint density at radius 1 is 0.880 bits per heavy atom. The lowest BCUT2D eigenvalue weighted by Crippen LogP contribution is -2.17. The van der Waals surface area contributed by atoms with Crippen LogP contribution in [0.15, 0.2) is 41.5 Å². The van der Waals surface area contributed by atoms with E-state index in [-0.39, 0.29) is 5.91 Å². The van der Waals surface area contributed by atoms with Gasteiger partial charge in [0.05, 0.1) is 34.7 Å². The molecule has 7 nitrogen and oxygen atoms in total. The molecule has 0 aromatic heterocycles. The summed E-state index contributed by atoms with van der Waals surface area (Å²) < 4.78 is 20.8. The minimum Gasteiger partial charge on any atom is -0.497 e. The minimum absolute atomic E-state index is 0.335. The van der Waals surface area contributed by atoms with Crippen molar-refractivity contribution in [1.82, 2.24) is 5.43 Å². The van der Waals surface area contributed by atoms with E-state index in [9.17, 15) is 4.79 Å². The molecule has 0 saturated heterocycles. The normalized spacial score (nSPS) is 10.4. The zero-order valence-electron chi connectivity index (χ0n) is 14.5. The third-order valence-electron chi connectivity index (χ3n) is 3.46. The van der Waals surface area contributed by atoms with Crippen LogP contribution in [0.25, 0.3) is 0 Å². The molecule has 0 spiro atoms. The van der Waals surface area contributed by atoms with E-state index in [1.807, 2.05) is 0 Å². The van der Waals surface area contributed by atoms with Gasteiger partial charge in [-0.25, -0.2) is 5.43 Å². The molecule has 0 bridgehead atoms. The summed E-state index contributed by atoms with van der Waals surface area (Å²) in [7, 11) is 6.18. The fourth-order valence-corrected chi connectivity index (χ4v) is 2.12. The topological polar surface area (TPSA) is 78.4 Å². The van der Waals surface area contributed by atoms with Gasteiger partial charge in [-0.3, -0.25) is 4.79 Å². The van der Waals surface area contributed by atoms with Crippen LogP contribution >= 0.6 is 0 Å². The average Bonchev–Trinajstić information content (AvgIpc) is 2.67. The number of hydrogen-bond donors (Lipinski definition) is 1. The van der Waals surface area contributed by atoms with Gasteiger partial charge in [0.1, 0.15) is 11.5 Å². The van der Waals surface area contributed by atoms with Gasteiger partial charge >= 0.3 is 0 Å². The Morgan fingerprint density at radius 2 is 1.48 bits per heavy atom. The summed E-state index contributed by atoms with van der Waals surface area (Å²) in [6, 6.07) is 10.1. The molecule has 2 rings (SSSR count). The van der Waals surface area contributed by atoms with Gasteiger partial charge in [0.2, 0.25) is 0 Å². The van der Waals surface area contributed by atoms with Crippen LogP contribution in [0.1, 0.15) is 15.9 Å². The molecular weight excluding hydrogens is 324 g/mol. The van der Waals surface area contributed by atoms with Crippen LogP contribution in [-0.2, 0) is 0 Å². The highest BCUT2D eigenvalue weighted by atomic mass is 16.5. The monoisotopic (exact) mass is 344 g/mol. The third kappa shape index (κ3) is 4.41. The maximum absolute atomic E-state index is 12.1. The fraction of sp³-hybridized carbons (Fsp3) is 0.222. The molecule has 132 valence electrons. The second-order valence-corrected chi connectivity index (χ2v) is 4.88. The van der Waals surface area contributed by atoms with E-state index >= 15 is 0 Å². The summed E-state index contributed by atoms with van der Waals surface area (Å²) >= 11 is 0. The largest absolute Gasteiger partial charge is 0.497 e. The van der Waals surface area contributed by atoms with E-state index in [4.69, 9.17) is 18.9 Å². The van der Waals surface area contributed by atoms with E-state index in [2.05, 4.69) is 10.5 Å². The Kier molecular flexibility index (Phi) is 6.22. The standard InChI is InChI=1S/C18H20N2O5/c1-22-14-7-5-12(6-8-14)18(21)20-19-11-13-9-16(24-3)17(25-4)10-15(13)23-2/h5-11H,1-4H3,(H,20,21)/b19-11+. The fourth-order valence-electron chi connectivity index (χ4n) is 2.12. The molecule has 0 aliphatic rings. The predicted molar refractivity (Wildman–Crippen MR) is 94.2 cm³/mol. The maximum Gasteiger partial charge on any atom is 0.271 e. The highest BCUT2D eigenvalue weighted by molar-refractivity contribution is 5.95. The molecule has 0 heterocycles. The van der Waals surface area contributed by atoms with E-state index in [1.54, 1.807) is 50.6 Å². The molecule has 1 amide bonds. The molecule has 1 N–H and O–H groups in total. The SMILES string of the molecule is COc1ccc(C(=O)N/N=C/c2cc(OC)c(OC)cc2OC)cc1. The first-order valence-corrected chi connectivity index (χ1v) is 7.40. The molecule has 0 atom stereocenters. The number of carbonyl (C=O) groups is 1. The van der Waals surface area contributed by atoms with Crippen molar-refractivity contribution >= 4 is 12.1 Å². The van der Waals surface area contributed by atoms with Crippen LogP contribution in [-0.4, -0.2) is 40.6 Å². The second kappa shape index (κ2) is 8.58. The van der Waals surface area contributed by atoms with Gasteiger partial charge in [0.15, 0.2) is 11.5 Å². The molecule has 0 radical (unpaired) electrons. The zero-order chi connectivity index (χ0) is 18.2. The van der Waals surface area contributed by atoms with Crippen LogP contribution in [0.5, 0.6) is 23.0 Å². The first-order valence-electron chi connectivity index (χ1n) is 7.40. The first-order chi connectivity index (χ1) is 12.1. The van der Waals surface area contributed by atoms with Crippen molar-refractivity contribution in [1.29, 1.82) is 0 Å². The molecule has 25 heavy (non-hydrogen) atoms. The van der Waals surface area contributed by atoms with Crippen LogP contribution < -0.4 is 24.4 Å². The Bertz CT molecular complexity index is 757. The summed E-state index contributed by atoms with van der Waals surface area (Å²) in [6.07, 6.45) is 1.47. The maximum atomic E-state index is 12.1. The van der Waals surface area contributed by atoms with E-state index in [1.165, 1.54) is 20.4 Å². The van der Waals surface area contributed by atoms with Crippen molar-refractivity contribution in [2.45, 2.75) is 0 Å². The first kappa shape index (κ1) is 18.1. The molecule has 0 unspecified atom stereocenters. The molecule has 0 fully saturated rings. The lowest BCUT2D eigenvalue weighted by Gasteiger charge is -2.11. The van der Waals surface area contributed by atoms with Crippen molar-refractivity contribution < 1.29 is 23.7 Å². The van der Waals surface area contributed by atoms with E-state index in [0.717, 1.165) is 0 Å². The van der Waals surface area contributed by atoms with Gasteiger partial charge in [-0.15, -0.1) is 0 Å². The van der Waals surface area contributed by atoms with Gasteiger partial charge in [-0.05, 0) is 30.3 Å². The molecule has 0 saturated carbocycles. The van der Waals surface area contributed by atoms with Crippen LogP contribution in [0.3, 0.4) is 0 Å². The Hall–Kier alpha value is -3.22. The average molecular weight is 344 g/mol. The number of nitrogens with zero attached hydrogens (tertiary/aromatic N) is 1. The van der Waals surface area contributed by atoms with Gasteiger partial charge in [0, 0.05) is 17.2 Å². The number of carbonyl (C=O) groups excluding carboxylic acids is 1. The number of benzene rings is 2. The quantitative estimate of drug-likeness (QED) is 0.617. The van der Waals surface area contributed by atoms with Crippen LogP contribution in [0, 0.1) is 0 Å². The Balaban J connectivity index is 2.13. The van der Waals surface area contributed by atoms with E-state index < -0.39 is 0 Å². The summed E-state index contributed by atoms with van der Waals surface area (Å²) in [5, 5.41) is 3.97. The van der Waals surface area contributed by atoms with Crippen molar-refractivity contribution in [3.63, 3.8) is 0 Å². The molecule has 0 aliphatic heterocycles. The van der Waals surface area contributed by atoms with Crippen LogP contribution in [0.2, 0.25) is 0 Å². The lowest BCUT2D eigenvalue weighted by molar-refractivity contribution is 0.0955. The van der Waals surface area contributed by atoms with Crippen molar-refractivity contribution in [3.8, 4) is 23.0 Å². The van der Waals surface area contributed by atoms with Gasteiger partial charge in [-0.1, -0.05) is 0 Å². The minimum atomic E-state index is -0.335. The Labute approximate surface area is 146 Å². The number of amides is 1. The smallest absolute Gasteiger partial charge is 0.271 e. The summed E-state index contributed by atoms with van der Waals surface area (Å²) in [6.45, 7) is 0. The summed E-state index contributed by atoms with van der Waals surface area (Å²) in [5.74, 6) is 1.96. The molecule has 2 aromatic carbocycles. The molecule has 2 aromatic rings. The summed E-state index contributed by atoms with van der Waals surface area (Å²) in [4.78, 5) is 12.1. The van der Waals surface area contributed by atoms with Gasteiger partial charge in [-0.2, -0.15) is 5.10 Å². The number of nitrogens with one attached hydrogen (secondary N) is 1. The zero-order valence-corrected chi connectivity index (χ0v) is 14.5. The number of methoxy groups -OCH3 is 4. The molecule has 7 heteroatoms. The number of hydrazone groups is 1. The van der Waals surface area contributed by atoms with Gasteiger partial charge < -0.3 is 18.9 Å². The van der Waals surface area contributed by atoms with Crippen molar-refractivity contribution in [2.24, 2.45) is 5.10 Å². The summed E-state index contributed by atoms with van der Waals surface area (Å²) in [5.41, 5.74) is 3.57. The third-order valence-corrected chi connectivity index (χ3v) is 3.46. The predicted octanol–water partition coefficient (Wildman–Crippen LogP) is 2.48. The van der Waals surface area contributed by atoms with Crippen molar-refractivity contribution in [3.05, 3.63) is 47.5 Å². The molecule has 0 aliphatic carbocycles. The molecular formula is C18H20N2O5. The van der Waals surface area contributed by atoms with Gasteiger partial charge in [0.25, 0.3) is 5.91 Å². The number of hydrogen-bond acceptors (Lipinski definition) is 6. The van der Waals surface area contributed by atoms with Crippen LogP contribution in [0.4, 0.5) is 0 Å². The highest BCUT2D eigenvalue weighted by Crippen LogP contribution is 2.33. The highest BCUT2D eigenvalue weighted by Gasteiger charge is 2.11. The second-order valence-electron chi connectivity index (χ2n) is 4.88. The Morgan fingerprint density at radius 3 is 2.04 bits per heavy atom. The van der Waals surface area contributed by atoms with E-state index in [0.29, 0.717) is 34.1 Å². The lowest BCUT2D eigenvalue weighted by atomic mass is 10.2. The van der Waals surface area contributed by atoms with Crippen molar-refractivity contribution in [2.75, 3.05) is 28.4 Å².